The first kappa shape index (κ1) is 14.5. The summed E-state index contributed by atoms with van der Waals surface area (Å²) < 4.78 is 12.8. The third-order valence-electron chi connectivity index (χ3n) is 3.14. The molecular weight excluding hydrogens is 233 g/mol. The number of carboxylic acid groups (broad SMARTS) is 1. The van der Waals surface area contributed by atoms with E-state index in [1.807, 2.05) is 11.9 Å². The molecule has 0 heterocycles. The molecule has 0 aromatic heterocycles. The first-order valence-electron chi connectivity index (χ1n) is 6.03. The van der Waals surface area contributed by atoms with Crippen molar-refractivity contribution < 1.29 is 14.3 Å². The fourth-order valence-corrected chi connectivity index (χ4v) is 1.69. The van der Waals surface area contributed by atoms with E-state index in [2.05, 4.69) is 0 Å². The van der Waals surface area contributed by atoms with Crippen molar-refractivity contribution in [1.82, 2.24) is 0 Å². The molecule has 3 nitrogen and oxygen atoms in total. The van der Waals surface area contributed by atoms with E-state index in [9.17, 15) is 9.18 Å². The van der Waals surface area contributed by atoms with Gasteiger partial charge < -0.3 is 10.0 Å². The smallest absolute Gasteiger partial charge is 0.309 e. The summed E-state index contributed by atoms with van der Waals surface area (Å²) in [5.41, 5.74) is 0.244. The molecule has 0 aliphatic heterocycles. The Balaban J connectivity index is 2.45. The molecule has 1 N–H and O–H groups in total. The molecular formula is C14H20FNO2. The summed E-state index contributed by atoms with van der Waals surface area (Å²) in [5.74, 6) is -1.02. The van der Waals surface area contributed by atoms with Crippen LogP contribution >= 0.6 is 0 Å². The lowest BCUT2D eigenvalue weighted by Crippen LogP contribution is -2.26. The van der Waals surface area contributed by atoms with Crippen LogP contribution in [-0.4, -0.2) is 24.7 Å². The van der Waals surface area contributed by atoms with E-state index in [0.717, 1.165) is 18.7 Å². The number of hydrogen-bond donors (Lipinski definition) is 1. The lowest BCUT2D eigenvalue weighted by atomic mass is 9.88. The molecule has 0 aliphatic rings. The molecule has 1 aromatic rings. The number of anilines is 1. The Morgan fingerprint density at radius 1 is 1.33 bits per heavy atom. The lowest BCUT2D eigenvalue weighted by Gasteiger charge is -2.23. The molecule has 1 rings (SSSR count). The van der Waals surface area contributed by atoms with Gasteiger partial charge in [0.15, 0.2) is 0 Å². The maximum Gasteiger partial charge on any atom is 0.309 e. The van der Waals surface area contributed by atoms with Gasteiger partial charge in [-0.3, -0.25) is 4.79 Å². The molecule has 0 spiro atoms. The largest absolute Gasteiger partial charge is 0.481 e. The van der Waals surface area contributed by atoms with Crippen molar-refractivity contribution in [3.8, 4) is 0 Å². The zero-order valence-electron chi connectivity index (χ0n) is 11.1. The monoisotopic (exact) mass is 253 g/mol. The topological polar surface area (TPSA) is 40.5 Å². The molecule has 0 saturated carbocycles. The number of carbonyl (C=O) groups is 1. The normalized spacial score (nSPS) is 11.3. The minimum Gasteiger partial charge on any atom is -0.481 e. The van der Waals surface area contributed by atoms with E-state index in [1.165, 1.54) is 12.1 Å². The predicted octanol–water partition coefficient (Wildman–Crippen LogP) is 3.15. The lowest BCUT2D eigenvalue weighted by molar-refractivity contribution is -0.147. The van der Waals surface area contributed by atoms with Gasteiger partial charge in [0.2, 0.25) is 0 Å². The van der Waals surface area contributed by atoms with Gasteiger partial charge in [0, 0.05) is 19.3 Å². The number of benzene rings is 1. The summed E-state index contributed by atoms with van der Waals surface area (Å²) >= 11 is 0. The highest BCUT2D eigenvalue weighted by atomic mass is 19.1. The molecule has 0 atom stereocenters. The van der Waals surface area contributed by atoms with Crippen LogP contribution in [0.15, 0.2) is 24.3 Å². The van der Waals surface area contributed by atoms with Crippen molar-refractivity contribution in [2.24, 2.45) is 5.41 Å². The van der Waals surface area contributed by atoms with Crippen LogP contribution in [0, 0.1) is 11.2 Å². The third kappa shape index (κ3) is 4.02. The summed E-state index contributed by atoms with van der Waals surface area (Å²) in [6.45, 7) is 4.21. The van der Waals surface area contributed by atoms with Crippen molar-refractivity contribution in [2.75, 3.05) is 18.5 Å². The van der Waals surface area contributed by atoms with Gasteiger partial charge >= 0.3 is 5.97 Å². The van der Waals surface area contributed by atoms with Gasteiger partial charge in [-0.15, -0.1) is 0 Å². The summed E-state index contributed by atoms with van der Waals surface area (Å²) in [5, 5.41) is 9.00. The molecule has 0 unspecified atom stereocenters. The van der Waals surface area contributed by atoms with Crippen LogP contribution in [-0.2, 0) is 4.79 Å². The van der Waals surface area contributed by atoms with Crippen LogP contribution < -0.4 is 4.90 Å². The van der Waals surface area contributed by atoms with Crippen LogP contribution in [0.25, 0.3) is 0 Å². The fraction of sp³-hybridized carbons (Fsp3) is 0.500. The standard InChI is InChI=1S/C14H20FNO2/c1-14(2,13(17)18)9-4-10-16(3)12-7-5-11(15)6-8-12/h5-8H,4,9-10H2,1-3H3,(H,17,18). The molecule has 18 heavy (non-hydrogen) atoms. The Morgan fingerprint density at radius 3 is 2.39 bits per heavy atom. The van der Waals surface area contributed by atoms with Crippen molar-refractivity contribution in [3.05, 3.63) is 30.1 Å². The second-order valence-corrected chi connectivity index (χ2v) is 5.19. The summed E-state index contributed by atoms with van der Waals surface area (Å²) in [6.07, 6.45) is 1.40. The van der Waals surface area contributed by atoms with Crippen LogP contribution in [0.2, 0.25) is 0 Å². The van der Waals surface area contributed by atoms with E-state index in [0.29, 0.717) is 6.42 Å². The fourth-order valence-electron chi connectivity index (χ4n) is 1.69. The second-order valence-electron chi connectivity index (χ2n) is 5.19. The van der Waals surface area contributed by atoms with Crippen molar-refractivity contribution in [1.29, 1.82) is 0 Å². The molecule has 0 radical (unpaired) electrons. The minimum absolute atomic E-state index is 0.251. The highest BCUT2D eigenvalue weighted by Gasteiger charge is 2.26. The molecule has 4 heteroatoms. The molecule has 0 saturated heterocycles. The van der Waals surface area contributed by atoms with Gasteiger partial charge in [-0.25, -0.2) is 4.39 Å². The van der Waals surface area contributed by atoms with Crippen LogP contribution in [0.5, 0.6) is 0 Å². The SMILES string of the molecule is CN(CCCC(C)(C)C(=O)O)c1ccc(F)cc1. The van der Waals surface area contributed by atoms with E-state index >= 15 is 0 Å². The zero-order chi connectivity index (χ0) is 13.8. The van der Waals surface area contributed by atoms with Gasteiger partial charge in [-0.1, -0.05) is 0 Å². The number of aliphatic carboxylic acids is 1. The molecule has 100 valence electrons. The first-order valence-corrected chi connectivity index (χ1v) is 6.03. The van der Waals surface area contributed by atoms with Crippen LogP contribution in [0.4, 0.5) is 10.1 Å². The van der Waals surface area contributed by atoms with E-state index in [4.69, 9.17) is 5.11 Å². The van der Waals surface area contributed by atoms with Gasteiger partial charge in [0.25, 0.3) is 0 Å². The summed E-state index contributed by atoms with van der Waals surface area (Å²) in [4.78, 5) is 12.9. The number of hydrogen-bond acceptors (Lipinski definition) is 2. The average Bonchev–Trinajstić information content (AvgIpc) is 2.29. The van der Waals surface area contributed by atoms with Gasteiger partial charge in [-0.2, -0.15) is 0 Å². The van der Waals surface area contributed by atoms with Crippen molar-refractivity contribution >= 4 is 11.7 Å². The Morgan fingerprint density at radius 2 is 1.89 bits per heavy atom. The highest BCUT2D eigenvalue weighted by Crippen LogP contribution is 2.23. The van der Waals surface area contributed by atoms with E-state index < -0.39 is 11.4 Å². The van der Waals surface area contributed by atoms with Crippen molar-refractivity contribution in [3.63, 3.8) is 0 Å². The molecule has 1 aromatic carbocycles. The number of nitrogens with zero attached hydrogens (tertiary/aromatic N) is 1. The second kappa shape index (κ2) is 5.85. The van der Waals surface area contributed by atoms with E-state index in [1.54, 1.807) is 26.0 Å². The summed E-state index contributed by atoms with van der Waals surface area (Å²) in [6, 6.07) is 6.29. The molecule has 0 bridgehead atoms. The Bertz CT molecular complexity index is 401. The average molecular weight is 253 g/mol. The Labute approximate surface area is 107 Å². The quantitative estimate of drug-likeness (QED) is 0.846. The zero-order valence-corrected chi connectivity index (χ0v) is 11.1. The number of halogens is 1. The maximum absolute atomic E-state index is 12.8. The molecule has 0 aliphatic carbocycles. The number of carboxylic acids is 1. The highest BCUT2D eigenvalue weighted by molar-refractivity contribution is 5.73. The predicted molar refractivity (Wildman–Crippen MR) is 70.3 cm³/mol. The number of rotatable bonds is 6. The van der Waals surface area contributed by atoms with Crippen LogP contribution in [0.1, 0.15) is 26.7 Å². The van der Waals surface area contributed by atoms with E-state index in [-0.39, 0.29) is 5.82 Å². The van der Waals surface area contributed by atoms with Gasteiger partial charge in [0.1, 0.15) is 5.82 Å². The van der Waals surface area contributed by atoms with Gasteiger partial charge in [0.05, 0.1) is 5.41 Å². The maximum atomic E-state index is 12.8. The molecule has 0 amide bonds. The summed E-state index contributed by atoms with van der Waals surface area (Å²) in [7, 11) is 1.92. The minimum atomic E-state index is -0.771. The molecule has 0 fully saturated rings. The van der Waals surface area contributed by atoms with Gasteiger partial charge in [-0.05, 0) is 51.0 Å². The Hall–Kier alpha value is -1.58. The Kier molecular flexibility index (Phi) is 4.70. The van der Waals surface area contributed by atoms with Crippen molar-refractivity contribution in [2.45, 2.75) is 26.7 Å². The third-order valence-corrected chi connectivity index (χ3v) is 3.14. The first-order chi connectivity index (χ1) is 8.33. The van der Waals surface area contributed by atoms with Crippen LogP contribution in [0.3, 0.4) is 0 Å².